The maximum Gasteiger partial charge on any atom is 0.242 e. The molecular formula is C16H20N4O. The maximum atomic E-state index is 12.0. The van der Waals surface area contributed by atoms with E-state index in [9.17, 15) is 4.79 Å². The van der Waals surface area contributed by atoms with Crippen molar-refractivity contribution in [2.75, 3.05) is 18.0 Å². The predicted molar refractivity (Wildman–Crippen MR) is 84.1 cm³/mol. The number of amides is 1. The molecule has 1 fully saturated rings. The summed E-state index contributed by atoms with van der Waals surface area (Å²) in [7, 11) is 0. The van der Waals surface area contributed by atoms with E-state index in [2.05, 4.69) is 10.2 Å². The Bertz CT molecular complexity index is 670. The van der Waals surface area contributed by atoms with E-state index in [0.717, 1.165) is 35.2 Å². The minimum atomic E-state index is -0.155. The Morgan fingerprint density at radius 2 is 2.24 bits per heavy atom. The molecule has 0 aliphatic carbocycles. The molecule has 0 radical (unpaired) electrons. The van der Waals surface area contributed by atoms with Crippen molar-refractivity contribution in [3.05, 3.63) is 35.9 Å². The molecule has 2 aromatic rings. The molecule has 1 saturated heterocycles. The Hall–Kier alpha value is -2.14. The molecule has 5 nitrogen and oxygen atoms in total. The molecule has 1 amide bonds. The van der Waals surface area contributed by atoms with Crippen molar-refractivity contribution in [3.8, 4) is 0 Å². The Labute approximate surface area is 124 Å². The van der Waals surface area contributed by atoms with E-state index in [1.807, 2.05) is 37.3 Å². The van der Waals surface area contributed by atoms with Gasteiger partial charge in [0.15, 0.2) is 0 Å². The largest absolute Gasteiger partial charge is 0.353 e. The summed E-state index contributed by atoms with van der Waals surface area (Å²) in [5.74, 6) is 0.920. The van der Waals surface area contributed by atoms with Crippen LogP contribution in [0.5, 0.6) is 0 Å². The van der Waals surface area contributed by atoms with E-state index in [0.29, 0.717) is 13.1 Å². The van der Waals surface area contributed by atoms with Gasteiger partial charge in [0, 0.05) is 25.0 Å². The van der Waals surface area contributed by atoms with E-state index in [1.54, 1.807) is 0 Å². The molecule has 0 bridgehead atoms. The molecule has 1 aliphatic heterocycles. The molecule has 0 saturated carbocycles. The van der Waals surface area contributed by atoms with E-state index in [1.165, 1.54) is 0 Å². The molecule has 3 rings (SSSR count). The molecule has 2 heterocycles. The zero-order chi connectivity index (χ0) is 14.8. The number of piperazine rings is 1. The summed E-state index contributed by atoms with van der Waals surface area (Å²) in [4.78, 5) is 18.8. The van der Waals surface area contributed by atoms with Gasteiger partial charge >= 0.3 is 0 Å². The van der Waals surface area contributed by atoms with E-state index >= 15 is 0 Å². The lowest BCUT2D eigenvalue weighted by molar-refractivity contribution is -0.123. The highest BCUT2D eigenvalue weighted by molar-refractivity contribution is 5.88. The number of hydrogen-bond donors (Lipinski definition) is 2. The fourth-order valence-electron chi connectivity index (χ4n) is 2.94. The van der Waals surface area contributed by atoms with Gasteiger partial charge in [-0.2, -0.15) is 0 Å². The zero-order valence-corrected chi connectivity index (χ0v) is 12.2. The van der Waals surface area contributed by atoms with Crippen molar-refractivity contribution in [3.63, 3.8) is 0 Å². The van der Waals surface area contributed by atoms with E-state index in [-0.39, 0.29) is 11.9 Å². The van der Waals surface area contributed by atoms with Gasteiger partial charge in [0.1, 0.15) is 11.9 Å². The number of para-hydroxylation sites is 1. The van der Waals surface area contributed by atoms with Crippen molar-refractivity contribution in [1.82, 2.24) is 10.3 Å². The van der Waals surface area contributed by atoms with Gasteiger partial charge in [0.2, 0.25) is 5.91 Å². The number of anilines is 1. The maximum absolute atomic E-state index is 12.0. The fraction of sp³-hybridized carbons (Fsp3) is 0.375. The number of nitrogens with zero attached hydrogens (tertiary/aromatic N) is 2. The van der Waals surface area contributed by atoms with Crippen LogP contribution in [0.15, 0.2) is 30.3 Å². The monoisotopic (exact) mass is 284 g/mol. The third-order valence-electron chi connectivity index (χ3n) is 4.02. The van der Waals surface area contributed by atoms with Gasteiger partial charge in [0.05, 0.1) is 5.52 Å². The zero-order valence-electron chi connectivity index (χ0n) is 12.2. The van der Waals surface area contributed by atoms with Crippen molar-refractivity contribution in [1.29, 1.82) is 0 Å². The lowest BCUT2D eigenvalue weighted by Crippen LogP contribution is -2.55. The Morgan fingerprint density at radius 1 is 1.43 bits per heavy atom. The first-order valence-corrected chi connectivity index (χ1v) is 7.37. The quantitative estimate of drug-likeness (QED) is 0.894. The van der Waals surface area contributed by atoms with Crippen LogP contribution in [-0.2, 0) is 11.3 Å². The van der Waals surface area contributed by atoms with Crippen LogP contribution in [0.25, 0.3) is 10.9 Å². The first kappa shape index (κ1) is 13.8. The average Bonchev–Trinajstić information content (AvgIpc) is 2.53. The van der Waals surface area contributed by atoms with Gasteiger partial charge in [-0.05, 0) is 24.1 Å². The van der Waals surface area contributed by atoms with Gasteiger partial charge in [-0.15, -0.1) is 0 Å². The van der Waals surface area contributed by atoms with Crippen LogP contribution in [0.2, 0.25) is 0 Å². The van der Waals surface area contributed by atoms with Crippen molar-refractivity contribution in [2.45, 2.75) is 25.9 Å². The predicted octanol–water partition coefficient (Wildman–Crippen LogP) is 1.41. The van der Waals surface area contributed by atoms with Crippen LogP contribution >= 0.6 is 0 Å². The Kier molecular flexibility index (Phi) is 3.75. The first-order valence-electron chi connectivity index (χ1n) is 7.37. The third kappa shape index (κ3) is 2.45. The number of carbonyl (C=O) groups excluding carboxylic acids is 1. The van der Waals surface area contributed by atoms with Gasteiger partial charge in [-0.25, -0.2) is 4.98 Å². The van der Waals surface area contributed by atoms with Gasteiger partial charge in [0.25, 0.3) is 0 Å². The number of nitrogens with one attached hydrogen (secondary N) is 1. The van der Waals surface area contributed by atoms with Gasteiger partial charge in [-0.1, -0.05) is 25.1 Å². The SMILES string of the molecule is CCC1C(=O)NCCN1c1cc(CN)c2ccccc2n1. The molecule has 5 heteroatoms. The first-order chi connectivity index (χ1) is 10.2. The fourth-order valence-corrected chi connectivity index (χ4v) is 2.94. The molecule has 1 unspecified atom stereocenters. The van der Waals surface area contributed by atoms with Crippen LogP contribution < -0.4 is 16.0 Å². The number of nitrogens with two attached hydrogens (primary N) is 1. The van der Waals surface area contributed by atoms with E-state index in [4.69, 9.17) is 10.7 Å². The van der Waals surface area contributed by atoms with Crippen molar-refractivity contribution in [2.24, 2.45) is 5.73 Å². The second-order valence-electron chi connectivity index (χ2n) is 5.27. The molecule has 1 aliphatic rings. The summed E-state index contributed by atoms with van der Waals surface area (Å²) in [5.41, 5.74) is 7.88. The van der Waals surface area contributed by atoms with Crippen LogP contribution in [-0.4, -0.2) is 30.0 Å². The summed E-state index contributed by atoms with van der Waals surface area (Å²) < 4.78 is 0. The summed E-state index contributed by atoms with van der Waals surface area (Å²) in [6, 6.07) is 9.85. The van der Waals surface area contributed by atoms with Crippen LogP contribution in [0, 0.1) is 0 Å². The summed E-state index contributed by atoms with van der Waals surface area (Å²) >= 11 is 0. The smallest absolute Gasteiger partial charge is 0.242 e. The number of rotatable bonds is 3. The van der Waals surface area contributed by atoms with Crippen LogP contribution in [0.4, 0.5) is 5.82 Å². The number of pyridine rings is 1. The molecule has 21 heavy (non-hydrogen) atoms. The third-order valence-corrected chi connectivity index (χ3v) is 4.02. The standard InChI is InChI=1S/C16H20N4O/c1-2-14-16(21)18-7-8-20(14)15-9-11(10-17)12-5-3-4-6-13(12)19-15/h3-6,9,14H,2,7-8,10,17H2,1H3,(H,18,21). The summed E-state index contributed by atoms with van der Waals surface area (Å²) in [6.45, 7) is 3.92. The minimum absolute atomic E-state index is 0.0769. The Balaban J connectivity index is 2.09. The lowest BCUT2D eigenvalue weighted by Gasteiger charge is -2.35. The average molecular weight is 284 g/mol. The highest BCUT2D eigenvalue weighted by Crippen LogP contribution is 2.25. The molecule has 110 valence electrons. The van der Waals surface area contributed by atoms with Crippen molar-refractivity contribution < 1.29 is 4.79 Å². The number of carbonyl (C=O) groups is 1. The summed E-state index contributed by atoms with van der Waals surface area (Å²) in [6.07, 6.45) is 0.762. The van der Waals surface area contributed by atoms with Crippen LogP contribution in [0.3, 0.4) is 0 Å². The number of hydrogen-bond acceptors (Lipinski definition) is 4. The van der Waals surface area contributed by atoms with Gasteiger partial charge in [-0.3, -0.25) is 4.79 Å². The minimum Gasteiger partial charge on any atom is -0.353 e. The second kappa shape index (κ2) is 5.69. The topological polar surface area (TPSA) is 71.2 Å². The highest BCUT2D eigenvalue weighted by atomic mass is 16.2. The molecular weight excluding hydrogens is 264 g/mol. The van der Waals surface area contributed by atoms with Crippen LogP contribution in [0.1, 0.15) is 18.9 Å². The molecule has 1 atom stereocenters. The number of fused-ring (bicyclic) bond motifs is 1. The van der Waals surface area contributed by atoms with E-state index < -0.39 is 0 Å². The van der Waals surface area contributed by atoms with Crippen molar-refractivity contribution >= 4 is 22.6 Å². The number of benzene rings is 1. The molecule has 0 spiro atoms. The lowest BCUT2D eigenvalue weighted by atomic mass is 10.1. The normalized spacial score (nSPS) is 18.9. The Morgan fingerprint density at radius 3 is 3.00 bits per heavy atom. The molecule has 1 aromatic heterocycles. The van der Waals surface area contributed by atoms with Gasteiger partial charge < -0.3 is 16.0 Å². The molecule has 3 N–H and O–H groups in total. The summed E-state index contributed by atoms with van der Waals surface area (Å²) in [5, 5.41) is 4.00. The highest BCUT2D eigenvalue weighted by Gasteiger charge is 2.29. The second-order valence-corrected chi connectivity index (χ2v) is 5.27. The molecule has 1 aromatic carbocycles. The number of aromatic nitrogens is 1.